The van der Waals surface area contributed by atoms with Crippen LogP contribution in [0.4, 0.5) is 17.5 Å². The first kappa shape index (κ1) is 14.4. The van der Waals surface area contributed by atoms with Crippen molar-refractivity contribution in [2.45, 2.75) is 32.9 Å². The molecule has 2 unspecified atom stereocenters. The van der Waals surface area contributed by atoms with Gasteiger partial charge in [-0.25, -0.2) is 4.98 Å². The lowest BCUT2D eigenvalue weighted by molar-refractivity contribution is -0.384. The third kappa shape index (κ3) is 2.96. The van der Waals surface area contributed by atoms with Gasteiger partial charge in [0.05, 0.1) is 23.7 Å². The van der Waals surface area contributed by atoms with Crippen molar-refractivity contribution in [3.05, 3.63) is 16.3 Å². The number of ether oxygens (including phenoxy) is 1. The number of nitrogens with one attached hydrogen (secondary N) is 1. The monoisotopic (exact) mass is 281 g/mol. The summed E-state index contributed by atoms with van der Waals surface area (Å²) in [6.07, 6.45) is 1.27. The Morgan fingerprint density at radius 1 is 1.60 bits per heavy atom. The van der Waals surface area contributed by atoms with Crippen LogP contribution in [0.5, 0.6) is 0 Å². The Balaban J connectivity index is 2.40. The van der Waals surface area contributed by atoms with Gasteiger partial charge in [-0.2, -0.15) is 4.98 Å². The fraction of sp³-hybridized carbons (Fsp3) is 0.667. The van der Waals surface area contributed by atoms with Crippen LogP contribution in [0, 0.1) is 10.1 Å². The van der Waals surface area contributed by atoms with Crippen molar-refractivity contribution in [3.63, 3.8) is 0 Å². The molecule has 110 valence electrons. The third-order valence-corrected chi connectivity index (χ3v) is 3.16. The number of rotatable bonds is 4. The minimum Gasteiger partial charge on any atom is -0.375 e. The molecule has 2 atom stereocenters. The molecule has 0 aliphatic carbocycles. The highest BCUT2D eigenvalue weighted by Crippen LogP contribution is 2.29. The summed E-state index contributed by atoms with van der Waals surface area (Å²) in [7, 11) is 0. The van der Waals surface area contributed by atoms with Gasteiger partial charge in [-0.3, -0.25) is 10.1 Å². The first-order valence-corrected chi connectivity index (χ1v) is 6.66. The van der Waals surface area contributed by atoms with Crippen LogP contribution >= 0.6 is 0 Å². The van der Waals surface area contributed by atoms with Crippen LogP contribution in [0.25, 0.3) is 0 Å². The van der Waals surface area contributed by atoms with Crippen LogP contribution in [-0.4, -0.2) is 46.7 Å². The molecule has 0 saturated carbocycles. The topological polar surface area (TPSA) is 93.4 Å². The molecule has 1 aliphatic rings. The lowest BCUT2D eigenvalue weighted by atomic mass is 10.2. The van der Waals surface area contributed by atoms with Gasteiger partial charge < -0.3 is 15.0 Å². The van der Waals surface area contributed by atoms with Crippen LogP contribution < -0.4 is 10.2 Å². The summed E-state index contributed by atoms with van der Waals surface area (Å²) in [5.74, 6) is 0.753. The average Bonchev–Trinajstić information content (AvgIpc) is 2.41. The van der Waals surface area contributed by atoms with E-state index in [-0.39, 0.29) is 17.8 Å². The van der Waals surface area contributed by atoms with Crippen LogP contribution in [0.2, 0.25) is 0 Å². The summed E-state index contributed by atoms with van der Waals surface area (Å²) in [5, 5.41) is 14.1. The predicted molar refractivity (Wildman–Crippen MR) is 75.1 cm³/mol. The number of hydrogen-bond donors (Lipinski definition) is 1. The molecule has 0 radical (unpaired) electrons. The molecule has 2 heterocycles. The summed E-state index contributed by atoms with van der Waals surface area (Å²) < 4.78 is 5.55. The second-order valence-corrected chi connectivity index (χ2v) is 4.84. The molecular weight excluding hydrogens is 262 g/mol. The molecule has 0 bridgehead atoms. The number of nitro groups is 1. The molecule has 0 aromatic carbocycles. The van der Waals surface area contributed by atoms with E-state index in [0.717, 1.165) is 0 Å². The van der Waals surface area contributed by atoms with Gasteiger partial charge in [-0.05, 0) is 20.8 Å². The van der Waals surface area contributed by atoms with Crippen molar-refractivity contribution in [1.82, 2.24) is 9.97 Å². The molecule has 1 fully saturated rings. The second kappa shape index (κ2) is 6.00. The van der Waals surface area contributed by atoms with Crippen molar-refractivity contribution in [3.8, 4) is 0 Å². The fourth-order valence-corrected chi connectivity index (χ4v) is 2.15. The molecule has 20 heavy (non-hydrogen) atoms. The van der Waals surface area contributed by atoms with Crippen molar-refractivity contribution in [1.29, 1.82) is 0 Å². The molecule has 1 N–H and O–H groups in total. The SMILES string of the molecule is CCNc1ncc([N+](=O)[O-])c(N2CC(C)OCC2C)n1. The van der Waals surface area contributed by atoms with Gasteiger partial charge in [0, 0.05) is 13.1 Å². The zero-order chi connectivity index (χ0) is 14.7. The molecule has 8 nitrogen and oxygen atoms in total. The van der Waals surface area contributed by atoms with Crippen molar-refractivity contribution in [2.24, 2.45) is 0 Å². The standard InChI is InChI=1S/C12H19N5O3/c1-4-13-12-14-5-10(17(18)19)11(15-12)16-6-9(3)20-7-8(16)2/h5,8-9H,4,6-7H2,1-3H3,(H,13,14,15). The quantitative estimate of drug-likeness (QED) is 0.659. The first-order valence-electron chi connectivity index (χ1n) is 6.66. The van der Waals surface area contributed by atoms with E-state index in [0.29, 0.717) is 31.5 Å². The molecule has 8 heteroatoms. The summed E-state index contributed by atoms with van der Waals surface area (Å²) in [5.41, 5.74) is -0.0763. The van der Waals surface area contributed by atoms with Gasteiger partial charge in [0.15, 0.2) is 0 Å². The Morgan fingerprint density at radius 3 is 3.00 bits per heavy atom. The van der Waals surface area contributed by atoms with E-state index in [1.54, 1.807) is 0 Å². The average molecular weight is 281 g/mol. The number of anilines is 2. The largest absolute Gasteiger partial charge is 0.375 e. The van der Waals surface area contributed by atoms with E-state index in [4.69, 9.17) is 4.74 Å². The van der Waals surface area contributed by atoms with E-state index in [1.165, 1.54) is 6.20 Å². The summed E-state index contributed by atoms with van der Waals surface area (Å²) in [6, 6.07) is 0.0364. The third-order valence-electron chi connectivity index (χ3n) is 3.16. The van der Waals surface area contributed by atoms with Gasteiger partial charge in [0.1, 0.15) is 6.20 Å². The number of aromatic nitrogens is 2. The number of nitrogens with zero attached hydrogens (tertiary/aromatic N) is 4. The molecule has 1 aromatic rings. The minimum atomic E-state index is -0.447. The lowest BCUT2D eigenvalue weighted by Gasteiger charge is -2.37. The van der Waals surface area contributed by atoms with Crippen molar-refractivity contribution < 1.29 is 9.66 Å². The van der Waals surface area contributed by atoms with Gasteiger partial charge in [-0.15, -0.1) is 0 Å². The van der Waals surface area contributed by atoms with Gasteiger partial charge >= 0.3 is 5.69 Å². The first-order chi connectivity index (χ1) is 9.52. The summed E-state index contributed by atoms with van der Waals surface area (Å²) in [6.45, 7) is 7.58. The molecule has 1 aliphatic heterocycles. The maximum absolute atomic E-state index is 11.2. The van der Waals surface area contributed by atoms with E-state index >= 15 is 0 Å². The van der Waals surface area contributed by atoms with Crippen LogP contribution in [0.15, 0.2) is 6.20 Å². The molecule has 1 saturated heterocycles. The number of morpholine rings is 1. The highest BCUT2D eigenvalue weighted by atomic mass is 16.6. The zero-order valence-electron chi connectivity index (χ0n) is 11.9. The smallest absolute Gasteiger partial charge is 0.329 e. The summed E-state index contributed by atoms with van der Waals surface area (Å²) in [4.78, 5) is 20.9. The minimum absolute atomic E-state index is 0.0170. The Hall–Kier alpha value is -1.96. The fourth-order valence-electron chi connectivity index (χ4n) is 2.15. The van der Waals surface area contributed by atoms with Crippen molar-refractivity contribution >= 4 is 17.5 Å². The molecule has 2 rings (SSSR count). The molecular formula is C12H19N5O3. The van der Waals surface area contributed by atoms with Crippen LogP contribution in [-0.2, 0) is 4.74 Å². The van der Waals surface area contributed by atoms with Gasteiger partial charge in [0.2, 0.25) is 11.8 Å². The van der Waals surface area contributed by atoms with Gasteiger partial charge in [-0.1, -0.05) is 0 Å². The van der Waals surface area contributed by atoms with E-state index < -0.39 is 4.92 Å². The maximum atomic E-state index is 11.2. The van der Waals surface area contributed by atoms with Crippen LogP contribution in [0.1, 0.15) is 20.8 Å². The van der Waals surface area contributed by atoms with E-state index in [9.17, 15) is 10.1 Å². The summed E-state index contributed by atoms with van der Waals surface area (Å²) >= 11 is 0. The molecule has 1 aromatic heterocycles. The molecule has 0 spiro atoms. The second-order valence-electron chi connectivity index (χ2n) is 4.84. The van der Waals surface area contributed by atoms with E-state index in [1.807, 2.05) is 25.7 Å². The Bertz CT molecular complexity index is 496. The Labute approximate surface area is 117 Å². The lowest BCUT2D eigenvalue weighted by Crippen LogP contribution is -2.48. The Morgan fingerprint density at radius 2 is 2.35 bits per heavy atom. The highest BCUT2D eigenvalue weighted by Gasteiger charge is 2.30. The van der Waals surface area contributed by atoms with E-state index in [2.05, 4.69) is 15.3 Å². The van der Waals surface area contributed by atoms with Gasteiger partial charge in [0.25, 0.3) is 0 Å². The Kier molecular flexibility index (Phi) is 4.33. The number of hydrogen-bond acceptors (Lipinski definition) is 7. The highest BCUT2D eigenvalue weighted by molar-refractivity contribution is 5.59. The zero-order valence-corrected chi connectivity index (χ0v) is 11.9. The maximum Gasteiger partial charge on any atom is 0.329 e. The van der Waals surface area contributed by atoms with Crippen LogP contribution in [0.3, 0.4) is 0 Å². The normalized spacial score (nSPS) is 22.6. The van der Waals surface area contributed by atoms with Crippen molar-refractivity contribution in [2.75, 3.05) is 29.9 Å². The predicted octanol–water partition coefficient (Wildman–Crippen LogP) is 1.43. The molecule has 0 amide bonds.